The molecule has 6 nitrogen and oxygen atoms in total. The quantitative estimate of drug-likeness (QED) is 0.326. The van der Waals surface area contributed by atoms with Crippen LogP contribution in [0, 0.1) is 0 Å². The van der Waals surface area contributed by atoms with Gasteiger partial charge in [0.05, 0.1) is 22.6 Å². The Balaban J connectivity index is 1.95. The van der Waals surface area contributed by atoms with Gasteiger partial charge in [-0.1, -0.05) is 66.1 Å². The number of carbonyl (C=O) groups excluding carboxylic acids is 2. The van der Waals surface area contributed by atoms with E-state index in [1.807, 2.05) is 18.2 Å². The first-order valence-electron chi connectivity index (χ1n) is 9.46. The molecule has 1 aromatic rings. The van der Waals surface area contributed by atoms with Crippen molar-refractivity contribution in [3.05, 3.63) is 33.1 Å². The number of anilines is 1. The zero-order valence-electron chi connectivity index (χ0n) is 15.9. The van der Waals surface area contributed by atoms with Gasteiger partial charge in [0.2, 0.25) is 0 Å². The molecule has 9 heteroatoms. The smallest absolute Gasteiger partial charge is 0.305 e. The fourth-order valence-electron chi connectivity index (χ4n) is 3.39. The van der Waals surface area contributed by atoms with Gasteiger partial charge in [-0.2, -0.15) is 0 Å². The highest BCUT2D eigenvalue weighted by atomic mass is 79.9. The third kappa shape index (κ3) is 4.57. The van der Waals surface area contributed by atoms with Crippen LogP contribution < -0.4 is 4.90 Å². The van der Waals surface area contributed by atoms with Gasteiger partial charge in [-0.3, -0.25) is 19.3 Å². The van der Waals surface area contributed by atoms with Gasteiger partial charge in [0.1, 0.15) is 4.32 Å². The Hall–Kier alpha value is -1.71. The van der Waals surface area contributed by atoms with Gasteiger partial charge in [-0.05, 0) is 24.6 Å². The van der Waals surface area contributed by atoms with E-state index in [4.69, 9.17) is 17.3 Å². The molecule has 0 atom stereocenters. The molecule has 0 unspecified atom stereocenters. The first-order chi connectivity index (χ1) is 13.8. The van der Waals surface area contributed by atoms with Crippen LogP contribution in [0.2, 0.25) is 0 Å². The van der Waals surface area contributed by atoms with Crippen molar-refractivity contribution in [3.63, 3.8) is 0 Å². The summed E-state index contributed by atoms with van der Waals surface area (Å²) < 4.78 is 1.10. The van der Waals surface area contributed by atoms with Gasteiger partial charge in [0.25, 0.3) is 11.8 Å². The number of unbranched alkanes of at least 4 members (excludes halogenated alkanes) is 3. The van der Waals surface area contributed by atoms with Gasteiger partial charge in [-0.15, -0.1) is 0 Å². The number of hydrogen-bond acceptors (Lipinski definition) is 5. The second-order valence-corrected chi connectivity index (χ2v) is 9.41. The largest absolute Gasteiger partial charge is 0.481 e. The van der Waals surface area contributed by atoms with Gasteiger partial charge in [-0.25, -0.2) is 0 Å². The number of carboxylic acid groups (broad SMARTS) is 1. The zero-order chi connectivity index (χ0) is 21.1. The van der Waals surface area contributed by atoms with Crippen LogP contribution in [0.1, 0.15) is 44.6 Å². The van der Waals surface area contributed by atoms with Crippen LogP contribution in [-0.4, -0.2) is 45.2 Å². The lowest BCUT2D eigenvalue weighted by Gasteiger charge is -2.17. The minimum Gasteiger partial charge on any atom is -0.481 e. The Morgan fingerprint density at radius 2 is 1.90 bits per heavy atom. The van der Waals surface area contributed by atoms with Gasteiger partial charge in [0.15, 0.2) is 0 Å². The average Bonchev–Trinajstić information content (AvgIpc) is 3.09. The SMILES string of the molecule is CCCCCCN1C(=O)/C(=C2\SC(=S)N(CCC(=O)O)C2=O)c2cc(Br)ccc21. The summed E-state index contributed by atoms with van der Waals surface area (Å²) in [4.78, 5) is 40.4. The molecule has 0 aromatic heterocycles. The van der Waals surface area contributed by atoms with E-state index in [0.717, 1.165) is 47.6 Å². The average molecular weight is 497 g/mol. The number of carbonyl (C=O) groups is 3. The minimum absolute atomic E-state index is 0.00293. The van der Waals surface area contributed by atoms with Crippen LogP contribution in [0.3, 0.4) is 0 Å². The molecule has 1 saturated heterocycles. The number of aliphatic carboxylic acids is 1. The van der Waals surface area contributed by atoms with Crippen molar-refractivity contribution in [1.82, 2.24) is 4.90 Å². The van der Waals surface area contributed by atoms with E-state index >= 15 is 0 Å². The lowest BCUT2D eigenvalue weighted by molar-refractivity contribution is -0.137. The summed E-state index contributed by atoms with van der Waals surface area (Å²) in [6, 6.07) is 5.61. The molecule has 2 amide bonds. The van der Waals surface area contributed by atoms with Crippen LogP contribution >= 0.6 is 39.9 Å². The summed E-state index contributed by atoms with van der Waals surface area (Å²) in [6.07, 6.45) is 3.96. The summed E-state index contributed by atoms with van der Waals surface area (Å²) in [7, 11) is 0. The number of hydrogen-bond donors (Lipinski definition) is 1. The maximum absolute atomic E-state index is 13.3. The maximum Gasteiger partial charge on any atom is 0.305 e. The number of rotatable bonds is 8. The Bertz CT molecular complexity index is 916. The molecule has 154 valence electrons. The monoisotopic (exact) mass is 496 g/mol. The highest BCUT2D eigenvalue weighted by molar-refractivity contribution is 9.10. The van der Waals surface area contributed by atoms with E-state index in [1.54, 1.807) is 4.90 Å². The highest BCUT2D eigenvalue weighted by Crippen LogP contribution is 2.45. The van der Waals surface area contributed by atoms with E-state index in [-0.39, 0.29) is 28.1 Å². The minimum atomic E-state index is -1.00. The normalized spacial score (nSPS) is 18.8. The third-order valence-electron chi connectivity index (χ3n) is 4.84. The van der Waals surface area contributed by atoms with Crippen molar-refractivity contribution in [2.24, 2.45) is 0 Å². The molecule has 1 fully saturated rings. The lowest BCUT2D eigenvalue weighted by atomic mass is 10.1. The standard InChI is InChI=1S/C20H21BrN2O4S2/c1-2-3-4-5-9-22-14-7-6-12(21)11-13(14)16(18(22)26)17-19(27)23(20(28)29-17)10-8-15(24)25/h6-7,11H,2-5,8-10H2,1H3,(H,24,25)/b17-16-. The van der Waals surface area contributed by atoms with E-state index in [0.29, 0.717) is 17.7 Å². The summed E-state index contributed by atoms with van der Waals surface area (Å²) in [5, 5.41) is 8.92. The van der Waals surface area contributed by atoms with Crippen LogP contribution in [0.15, 0.2) is 27.6 Å². The number of benzene rings is 1. The molecule has 2 aliphatic heterocycles. The third-order valence-corrected chi connectivity index (χ3v) is 6.78. The van der Waals surface area contributed by atoms with Crippen LogP contribution in [0.4, 0.5) is 5.69 Å². The first kappa shape index (κ1) is 22.0. The first-order valence-corrected chi connectivity index (χ1v) is 11.5. The molecular formula is C20H21BrN2O4S2. The van der Waals surface area contributed by atoms with Crippen LogP contribution in [0.5, 0.6) is 0 Å². The summed E-state index contributed by atoms with van der Waals surface area (Å²) >= 11 is 9.80. The fraction of sp³-hybridized carbons (Fsp3) is 0.400. The van der Waals surface area contributed by atoms with Crippen LogP contribution in [-0.2, 0) is 14.4 Å². The predicted octanol–water partition coefficient (Wildman–Crippen LogP) is 4.42. The summed E-state index contributed by atoms with van der Waals surface area (Å²) in [5.41, 5.74) is 1.85. The van der Waals surface area contributed by atoms with Crippen LogP contribution in [0.25, 0.3) is 5.57 Å². The van der Waals surface area contributed by atoms with Gasteiger partial charge in [0, 0.05) is 23.1 Å². The Morgan fingerprint density at radius 1 is 1.14 bits per heavy atom. The van der Waals surface area contributed by atoms with Crippen molar-refractivity contribution in [2.75, 3.05) is 18.0 Å². The Morgan fingerprint density at radius 3 is 2.59 bits per heavy atom. The number of thiocarbonyl (C=S) groups is 1. The summed E-state index contributed by atoms with van der Waals surface area (Å²) in [5.74, 6) is -1.60. The molecule has 2 aliphatic rings. The molecule has 3 rings (SSSR count). The molecule has 1 N–H and O–H groups in total. The number of thioether (sulfide) groups is 1. The highest BCUT2D eigenvalue weighted by Gasteiger charge is 2.41. The number of halogens is 1. The second kappa shape index (κ2) is 9.40. The molecular weight excluding hydrogens is 476 g/mol. The summed E-state index contributed by atoms with van der Waals surface area (Å²) in [6.45, 7) is 2.73. The number of nitrogens with zero attached hydrogens (tertiary/aromatic N) is 2. The van der Waals surface area contributed by atoms with E-state index < -0.39 is 11.9 Å². The van der Waals surface area contributed by atoms with Gasteiger partial charge >= 0.3 is 5.97 Å². The van der Waals surface area contributed by atoms with E-state index in [9.17, 15) is 14.4 Å². The molecule has 29 heavy (non-hydrogen) atoms. The molecule has 0 bridgehead atoms. The van der Waals surface area contributed by atoms with Crippen molar-refractivity contribution in [3.8, 4) is 0 Å². The van der Waals surface area contributed by atoms with Crippen molar-refractivity contribution >= 4 is 73.3 Å². The van der Waals surface area contributed by atoms with Crippen molar-refractivity contribution < 1.29 is 19.5 Å². The molecule has 0 radical (unpaired) electrons. The van der Waals surface area contributed by atoms with Gasteiger partial charge < -0.3 is 10.0 Å². The molecule has 0 spiro atoms. The van der Waals surface area contributed by atoms with E-state index in [2.05, 4.69) is 22.9 Å². The maximum atomic E-state index is 13.3. The molecule has 1 aromatic carbocycles. The Labute approximate surface area is 187 Å². The van der Waals surface area contributed by atoms with Crippen molar-refractivity contribution in [2.45, 2.75) is 39.0 Å². The molecule has 0 aliphatic carbocycles. The topological polar surface area (TPSA) is 77.9 Å². The number of amides is 2. The van der Waals surface area contributed by atoms with Crippen molar-refractivity contribution in [1.29, 1.82) is 0 Å². The number of carboxylic acids is 1. The van der Waals surface area contributed by atoms with E-state index in [1.165, 1.54) is 4.90 Å². The molecule has 2 heterocycles. The fourth-order valence-corrected chi connectivity index (χ4v) is 5.13. The molecule has 0 saturated carbocycles. The second-order valence-electron chi connectivity index (χ2n) is 6.85. The zero-order valence-corrected chi connectivity index (χ0v) is 19.2. The predicted molar refractivity (Wildman–Crippen MR) is 122 cm³/mol. The lowest BCUT2D eigenvalue weighted by Crippen LogP contribution is -2.31. The Kier molecular flexibility index (Phi) is 7.13. The number of fused-ring (bicyclic) bond motifs is 1.